The van der Waals surface area contributed by atoms with Gasteiger partial charge in [0.25, 0.3) is 0 Å². The van der Waals surface area contributed by atoms with Crippen LogP contribution in [0.3, 0.4) is 0 Å². The molecule has 2 rings (SSSR count). The van der Waals surface area contributed by atoms with Crippen molar-refractivity contribution in [1.82, 2.24) is 0 Å². The third kappa shape index (κ3) is 2.94. The van der Waals surface area contributed by atoms with E-state index >= 15 is 0 Å². The van der Waals surface area contributed by atoms with Crippen LogP contribution in [0.5, 0.6) is 5.75 Å². The number of carboxylic acids is 1. The van der Waals surface area contributed by atoms with E-state index in [9.17, 15) is 9.90 Å². The topological polar surface area (TPSA) is 46.5 Å². The first-order valence-electron chi connectivity index (χ1n) is 6.19. The summed E-state index contributed by atoms with van der Waals surface area (Å²) in [5, 5.41) is 9.23. The summed E-state index contributed by atoms with van der Waals surface area (Å²) in [4.78, 5) is 11.3. The van der Waals surface area contributed by atoms with Gasteiger partial charge in [0.1, 0.15) is 11.3 Å². The lowest BCUT2D eigenvalue weighted by Gasteiger charge is -2.09. The molecule has 98 valence electrons. The first-order valence-corrected chi connectivity index (χ1v) is 6.19. The number of rotatable bonds is 4. The third-order valence-corrected chi connectivity index (χ3v) is 2.89. The second kappa shape index (κ2) is 5.57. The van der Waals surface area contributed by atoms with Crippen molar-refractivity contribution in [3.05, 3.63) is 53.6 Å². The lowest BCUT2D eigenvalue weighted by atomic mass is 10.0. The average molecular weight is 256 g/mol. The Morgan fingerprint density at radius 2 is 1.74 bits per heavy atom. The first kappa shape index (κ1) is 13.1. The van der Waals surface area contributed by atoms with E-state index in [2.05, 4.69) is 0 Å². The Balaban J connectivity index is 2.45. The van der Waals surface area contributed by atoms with Gasteiger partial charge in [0.15, 0.2) is 0 Å². The fourth-order valence-electron chi connectivity index (χ4n) is 1.90. The Bertz CT molecular complexity index is 585. The molecule has 0 heterocycles. The molecule has 0 aromatic heterocycles. The van der Waals surface area contributed by atoms with E-state index < -0.39 is 5.97 Å². The Morgan fingerprint density at radius 1 is 1.11 bits per heavy atom. The van der Waals surface area contributed by atoms with Crippen molar-refractivity contribution in [1.29, 1.82) is 0 Å². The molecule has 3 nitrogen and oxygen atoms in total. The van der Waals surface area contributed by atoms with Crippen LogP contribution in [0.15, 0.2) is 42.5 Å². The second-order valence-corrected chi connectivity index (χ2v) is 4.32. The molecular weight excluding hydrogens is 240 g/mol. The maximum Gasteiger partial charge on any atom is 0.339 e. The normalized spacial score (nSPS) is 10.2. The molecule has 2 aromatic carbocycles. The van der Waals surface area contributed by atoms with Crippen molar-refractivity contribution in [2.24, 2.45) is 0 Å². The summed E-state index contributed by atoms with van der Waals surface area (Å²) in [7, 11) is 0. The molecule has 2 aromatic rings. The van der Waals surface area contributed by atoms with E-state index in [1.165, 1.54) is 5.56 Å². The predicted octanol–water partition coefficient (Wildman–Crippen LogP) is 3.76. The van der Waals surface area contributed by atoms with Crippen LogP contribution in [0.1, 0.15) is 22.8 Å². The van der Waals surface area contributed by atoms with Gasteiger partial charge in [0.2, 0.25) is 0 Å². The van der Waals surface area contributed by atoms with Crippen LogP contribution in [0.2, 0.25) is 0 Å². The van der Waals surface area contributed by atoms with Crippen LogP contribution in [-0.2, 0) is 0 Å². The molecular formula is C16H16O3. The Morgan fingerprint density at radius 3 is 2.32 bits per heavy atom. The van der Waals surface area contributed by atoms with Gasteiger partial charge in [-0.2, -0.15) is 0 Å². The molecule has 0 unspecified atom stereocenters. The largest absolute Gasteiger partial charge is 0.493 e. The van der Waals surface area contributed by atoms with Gasteiger partial charge in [-0.1, -0.05) is 35.9 Å². The number of aromatic carboxylic acids is 1. The first-order chi connectivity index (χ1) is 9.11. The number of hydrogen-bond donors (Lipinski definition) is 1. The fraction of sp³-hybridized carbons (Fsp3) is 0.188. The number of benzene rings is 2. The Labute approximate surface area is 112 Å². The predicted molar refractivity (Wildman–Crippen MR) is 74.7 cm³/mol. The second-order valence-electron chi connectivity index (χ2n) is 4.32. The quantitative estimate of drug-likeness (QED) is 0.906. The molecule has 0 aliphatic heterocycles. The van der Waals surface area contributed by atoms with Gasteiger partial charge in [-0.05, 0) is 37.1 Å². The van der Waals surface area contributed by atoms with Crippen LogP contribution in [0, 0.1) is 6.92 Å². The molecule has 0 spiro atoms. The molecule has 3 heteroatoms. The van der Waals surface area contributed by atoms with Gasteiger partial charge in [-0.25, -0.2) is 4.79 Å². The minimum absolute atomic E-state index is 0.194. The van der Waals surface area contributed by atoms with Crippen molar-refractivity contribution < 1.29 is 14.6 Å². The molecule has 19 heavy (non-hydrogen) atoms. The van der Waals surface area contributed by atoms with Gasteiger partial charge in [-0.15, -0.1) is 0 Å². The number of carbonyl (C=O) groups is 1. The van der Waals surface area contributed by atoms with Gasteiger partial charge >= 0.3 is 5.97 Å². The fourth-order valence-corrected chi connectivity index (χ4v) is 1.90. The average Bonchev–Trinajstić information content (AvgIpc) is 2.40. The van der Waals surface area contributed by atoms with E-state index in [0.717, 1.165) is 11.1 Å². The number of aryl methyl sites for hydroxylation is 1. The summed E-state index contributed by atoms with van der Waals surface area (Å²) >= 11 is 0. The highest BCUT2D eigenvalue weighted by molar-refractivity contribution is 5.92. The molecule has 0 aliphatic rings. The molecule has 0 saturated carbocycles. The Hall–Kier alpha value is -2.29. The van der Waals surface area contributed by atoms with Crippen molar-refractivity contribution in [3.63, 3.8) is 0 Å². The maximum absolute atomic E-state index is 11.3. The zero-order valence-corrected chi connectivity index (χ0v) is 11.0. The maximum atomic E-state index is 11.3. The summed E-state index contributed by atoms with van der Waals surface area (Å²) in [5.74, 6) is -0.566. The van der Waals surface area contributed by atoms with E-state index in [1.54, 1.807) is 12.1 Å². The van der Waals surface area contributed by atoms with E-state index in [1.807, 2.05) is 44.2 Å². The van der Waals surface area contributed by atoms with E-state index in [4.69, 9.17) is 4.74 Å². The molecule has 0 atom stereocenters. The van der Waals surface area contributed by atoms with Crippen molar-refractivity contribution in [2.45, 2.75) is 13.8 Å². The summed E-state index contributed by atoms with van der Waals surface area (Å²) < 4.78 is 5.33. The van der Waals surface area contributed by atoms with Crippen LogP contribution < -0.4 is 4.74 Å². The number of hydrogen-bond acceptors (Lipinski definition) is 2. The van der Waals surface area contributed by atoms with Crippen LogP contribution in [-0.4, -0.2) is 17.7 Å². The van der Waals surface area contributed by atoms with Gasteiger partial charge in [0, 0.05) is 0 Å². The SMILES string of the molecule is CCOc1ccc(-c2ccc(C)cc2)cc1C(=O)O. The summed E-state index contributed by atoms with van der Waals surface area (Å²) in [6.07, 6.45) is 0. The standard InChI is InChI=1S/C16H16O3/c1-3-19-15-9-8-13(10-14(15)16(17)18)12-6-4-11(2)5-7-12/h4-10H,3H2,1-2H3,(H,17,18). The van der Waals surface area contributed by atoms with E-state index in [0.29, 0.717) is 12.4 Å². The molecule has 0 radical (unpaired) electrons. The molecule has 1 N–H and O–H groups in total. The highest BCUT2D eigenvalue weighted by Crippen LogP contribution is 2.27. The van der Waals surface area contributed by atoms with Crippen molar-refractivity contribution in [3.8, 4) is 16.9 Å². The summed E-state index contributed by atoms with van der Waals surface area (Å²) in [5.41, 5.74) is 3.24. The third-order valence-electron chi connectivity index (χ3n) is 2.89. The lowest BCUT2D eigenvalue weighted by Crippen LogP contribution is -2.03. The van der Waals surface area contributed by atoms with E-state index in [-0.39, 0.29) is 5.56 Å². The minimum atomic E-state index is -0.975. The van der Waals surface area contributed by atoms with Gasteiger partial charge < -0.3 is 9.84 Å². The van der Waals surface area contributed by atoms with Crippen LogP contribution in [0.4, 0.5) is 0 Å². The van der Waals surface area contributed by atoms with Crippen molar-refractivity contribution in [2.75, 3.05) is 6.61 Å². The zero-order valence-electron chi connectivity index (χ0n) is 11.0. The molecule has 0 fully saturated rings. The minimum Gasteiger partial charge on any atom is -0.493 e. The zero-order chi connectivity index (χ0) is 13.8. The summed E-state index contributed by atoms with van der Waals surface area (Å²) in [6.45, 7) is 4.30. The van der Waals surface area contributed by atoms with Crippen LogP contribution in [0.25, 0.3) is 11.1 Å². The summed E-state index contributed by atoms with van der Waals surface area (Å²) in [6, 6.07) is 13.2. The molecule has 0 amide bonds. The highest BCUT2D eigenvalue weighted by Gasteiger charge is 2.12. The Kier molecular flexibility index (Phi) is 3.85. The number of ether oxygens (including phenoxy) is 1. The number of carboxylic acid groups (broad SMARTS) is 1. The lowest BCUT2D eigenvalue weighted by molar-refractivity contribution is 0.0692. The smallest absolute Gasteiger partial charge is 0.339 e. The van der Waals surface area contributed by atoms with Gasteiger partial charge in [0.05, 0.1) is 6.61 Å². The molecule has 0 aliphatic carbocycles. The van der Waals surface area contributed by atoms with Crippen molar-refractivity contribution >= 4 is 5.97 Å². The molecule has 0 saturated heterocycles. The highest BCUT2D eigenvalue weighted by atomic mass is 16.5. The van der Waals surface area contributed by atoms with Crippen LogP contribution >= 0.6 is 0 Å². The molecule has 0 bridgehead atoms. The van der Waals surface area contributed by atoms with Gasteiger partial charge in [-0.3, -0.25) is 0 Å². The monoisotopic (exact) mass is 256 g/mol.